The van der Waals surface area contributed by atoms with Gasteiger partial charge < -0.3 is 10.8 Å². The lowest BCUT2D eigenvalue weighted by molar-refractivity contribution is 0.0755. The Labute approximate surface area is 88.9 Å². The van der Waals surface area contributed by atoms with Crippen LogP contribution >= 0.6 is 0 Å². The van der Waals surface area contributed by atoms with Crippen molar-refractivity contribution in [3.63, 3.8) is 0 Å². The zero-order chi connectivity index (χ0) is 11.2. The maximum atomic E-state index is 9.69. The summed E-state index contributed by atoms with van der Waals surface area (Å²) in [6.45, 7) is 8.50. The molecule has 2 atom stereocenters. The summed E-state index contributed by atoms with van der Waals surface area (Å²) < 4.78 is 0. The van der Waals surface area contributed by atoms with Crippen LogP contribution in [0.3, 0.4) is 0 Å². The smallest absolute Gasteiger partial charge is 0.0693 e. The fourth-order valence-corrected chi connectivity index (χ4v) is 1.77. The van der Waals surface area contributed by atoms with E-state index in [0.717, 1.165) is 12.8 Å². The third-order valence-corrected chi connectivity index (χ3v) is 3.16. The second kappa shape index (κ2) is 6.41. The largest absolute Gasteiger partial charge is 0.392 e. The Kier molecular flexibility index (Phi) is 6.38. The van der Waals surface area contributed by atoms with Crippen LogP contribution in [-0.2, 0) is 0 Å². The zero-order valence-corrected chi connectivity index (χ0v) is 10.2. The van der Waals surface area contributed by atoms with Gasteiger partial charge >= 0.3 is 0 Å². The van der Waals surface area contributed by atoms with E-state index >= 15 is 0 Å². The van der Waals surface area contributed by atoms with Crippen LogP contribution in [0.15, 0.2) is 0 Å². The summed E-state index contributed by atoms with van der Waals surface area (Å²) in [5.74, 6) is 0. The second-order valence-corrected chi connectivity index (χ2v) is 4.95. The minimum absolute atomic E-state index is 0.0601. The van der Waals surface area contributed by atoms with Crippen LogP contribution in [0.5, 0.6) is 0 Å². The molecule has 3 N–H and O–H groups in total. The number of hydrogen-bond acceptors (Lipinski definition) is 2. The van der Waals surface area contributed by atoms with Crippen LogP contribution in [-0.4, -0.2) is 17.3 Å². The first-order chi connectivity index (χ1) is 6.45. The van der Waals surface area contributed by atoms with Crippen molar-refractivity contribution in [2.45, 2.75) is 71.9 Å². The molecule has 0 radical (unpaired) electrons. The fraction of sp³-hybridized carbons (Fsp3) is 1.00. The van der Waals surface area contributed by atoms with Gasteiger partial charge in [-0.25, -0.2) is 0 Å². The highest BCUT2D eigenvalue weighted by molar-refractivity contribution is 4.86. The number of nitrogens with two attached hydrogens (primary N) is 1. The van der Waals surface area contributed by atoms with E-state index in [1.54, 1.807) is 0 Å². The Morgan fingerprint density at radius 3 is 2.21 bits per heavy atom. The molecule has 1 unspecified atom stereocenters. The fourth-order valence-electron chi connectivity index (χ4n) is 1.77. The highest BCUT2D eigenvalue weighted by Gasteiger charge is 2.30. The predicted molar refractivity (Wildman–Crippen MR) is 62.2 cm³/mol. The first kappa shape index (κ1) is 13.9. The van der Waals surface area contributed by atoms with E-state index in [2.05, 4.69) is 20.8 Å². The van der Waals surface area contributed by atoms with Gasteiger partial charge in [-0.15, -0.1) is 0 Å². The van der Waals surface area contributed by atoms with Gasteiger partial charge in [0.25, 0.3) is 0 Å². The van der Waals surface area contributed by atoms with E-state index in [1.807, 2.05) is 6.92 Å². The quantitative estimate of drug-likeness (QED) is 0.622. The van der Waals surface area contributed by atoms with E-state index in [4.69, 9.17) is 5.73 Å². The standard InChI is InChI=1S/C12H27NO/c1-5-7-8-9-12(3,4)11(13)10(14)6-2/h10-11,14H,5-9,13H2,1-4H3/t10-,11?/m1/s1. The van der Waals surface area contributed by atoms with Gasteiger partial charge in [-0.1, -0.05) is 47.0 Å². The molecule has 0 spiro atoms. The van der Waals surface area contributed by atoms with Crippen LogP contribution in [0.2, 0.25) is 0 Å². The maximum Gasteiger partial charge on any atom is 0.0693 e. The molecule has 0 rings (SSSR count). The Bertz CT molecular complexity index is 145. The Hall–Kier alpha value is -0.0800. The molecule has 14 heavy (non-hydrogen) atoms. The highest BCUT2D eigenvalue weighted by Crippen LogP contribution is 2.29. The molecule has 0 amide bonds. The van der Waals surface area contributed by atoms with Crippen molar-refractivity contribution in [2.24, 2.45) is 11.1 Å². The average Bonchev–Trinajstić information content (AvgIpc) is 2.15. The number of unbranched alkanes of at least 4 members (excludes halogenated alkanes) is 2. The van der Waals surface area contributed by atoms with Gasteiger partial charge in [0.1, 0.15) is 0 Å². The normalized spacial score (nSPS) is 16.7. The molecule has 86 valence electrons. The molecule has 0 heterocycles. The molecule has 0 saturated carbocycles. The van der Waals surface area contributed by atoms with Crippen LogP contribution in [0, 0.1) is 5.41 Å². The van der Waals surface area contributed by atoms with Crippen molar-refractivity contribution >= 4 is 0 Å². The Morgan fingerprint density at radius 2 is 1.79 bits per heavy atom. The molecule has 0 aromatic rings. The van der Waals surface area contributed by atoms with Gasteiger partial charge in [-0.05, 0) is 18.3 Å². The lowest BCUT2D eigenvalue weighted by Crippen LogP contribution is -2.46. The van der Waals surface area contributed by atoms with Gasteiger partial charge in [0.15, 0.2) is 0 Å². The summed E-state index contributed by atoms with van der Waals surface area (Å²) in [6, 6.07) is -0.0932. The van der Waals surface area contributed by atoms with Crippen molar-refractivity contribution < 1.29 is 5.11 Å². The molecule has 2 heteroatoms. The SMILES string of the molecule is CCCCCC(C)(C)C(N)[C@H](O)CC. The lowest BCUT2D eigenvalue weighted by Gasteiger charge is -2.34. The van der Waals surface area contributed by atoms with Crippen molar-refractivity contribution in [1.29, 1.82) is 0 Å². The summed E-state index contributed by atoms with van der Waals surface area (Å²) in [6.07, 6.45) is 5.22. The molecule has 2 nitrogen and oxygen atoms in total. The van der Waals surface area contributed by atoms with Crippen molar-refractivity contribution in [2.75, 3.05) is 0 Å². The third-order valence-electron chi connectivity index (χ3n) is 3.16. The van der Waals surface area contributed by atoms with Crippen molar-refractivity contribution in [3.8, 4) is 0 Å². The van der Waals surface area contributed by atoms with Crippen LogP contribution < -0.4 is 5.73 Å². The summed E-state index contributed by atoms with van der Waals surface area (Å²) >= 11 is 0. The molecule has 0 aliphatic carbocycles. The maximum absolute atomic E-state index is 9.69. The lowest BCUT2D eigenvalue weighted by atomic mass is 9.77. The first-order valence-electron chi connectivity index (χ1n) is 5.89. The summed E-state index contributed by atoms with van der Waals surface area (Å²) in [7, 11) is 0. The second-order valence-electron chi connectivity index (χ2n) is 4.95. The summed E-state index contributed by atoms with van der Waals surface area (Å²) in [5.41, 5.74) is 6.10. The molecule has 0 bridgehead atoms. The van der Waals surface area contributed by atoms with Crippen LogP contribution in [0.1, 0.15) is 59.8 Å². The van der Waals surface area contributed by atoms with Crippen molar-refractivity contribution in [1.82, 2.24) is 0 Å². The number of aliphatic hydroxyl groups is 1. The van der Waals surface area contributed by atoms with Crippen LogP contribution in [0.4, 0.5) is 0 Å². The molecule has 0 aromatic heterocycles. The van der Waals surface area contributed by atoms with E-state index in [9.17, 15) is 5.11 Å². The van der Waals surface area contributed by atoms with E-state index in [1.165, 1.54) is 19.3 Å². The molecule has 0 saturated heterocycles. The number of aliphatic hydroxyl groups excluding tert-OH is 1. The van der Waals surface area contributed by atoms with E-state index in [0.29, 0.717) is 0 Å². The minimum atomic E-state index is -0.355. The average molecular weight is 201 g/mol. The molecular weight excluding hydrogens is 174 g/mol. The Morgan fingerprint density at radius 1 is 1.21 bits per heavy atom. The molecule has 0 aliphatic rings. The van der Waals surface area contributed by atoms with E-state index < -0.39 is 0 Å². The monoisotopic (exact) mass is 201 g/mol. The summed E-state index contributed by atoms with van der Waals surface area (Å²) in [4.78, 5) is 0. The highest BCUT2D eigenvalue weighted by atomic mass is 16.3. The third kappa shape index (κ3) is 4.43. The zero-order valence-electron chi connectivity index (χ0n) is 10.2. The minimum Gasteiger partial charge on any atom is -0.392 e. The van der Waals surface area contributed by atoms with E-state index in [-0.39, 0.29) is 17.6 Å². The molecular formula is C12H27NO. The molecule has 0 aliphatic heterocycles. The number of hydrogen-bond donors (Lipinski definition) is 2. The van der Waals surface area contributed by atoms with Crippen molar-refractivity contribution in [3.05, 3.63) is 0 Å². The Balaban J connectivity index is 4.01. The predicted octanol–water partition coefficient (Wildman–Crippen LogP) is 2.69. The topological polar surface area (TPSA) is 46.2 Å². The van der Waals surface area contributed by atoms with Gasteiger partial charge in [0.05, 0.1) is 6.10 Å². The molecule has 0 aromatic carbocycles. The first-order valence-corrected chi connectivity index (χ1v) is 5.89. The van der Waals surface area contributed by atoms with Gasteiger partial charge in [0, 0.05) is 6.04 Å². The van der Waals surface area contributed by atoms with Gasteiger partial charge in [-0.2, -0.15) is 0 Å². The molecule has 0 fully saturated rings. The van der Waals surface area contributed by atoms with Gasteiger partial charge in [0.2, 0.25) is 0 Å². The van der Waals surface area contributed by atoms with Crippen LogP contribution in [0.25, 0.3) is 0 Å². The number of rotatable bonds is 7. The van der Waals surface area contributed by atoms with Gasteiger partial charge in [-0.3, -0.25) is 0 Å². The summed E-state index contributed by atoms with van der Waals surface area (Å²) in [5, 5.41) is 9.69.